The van der Waals surface area contributed by atoms with Gasteiger partial charge < -0.3 is 14.0 Å². The minimum atomic E-state index is 0.429. The van der Waals surface area contributed by atoms with Crippen LogP contribution in [0.2, 0.25) is 0 Å². The molecule has 5 aromatic rings. The van der Waals surface area contributed by atoms with E-state index in [2.05, 4.69) is 39.4 Å². The first-order valence-corrected chi connectivity index (χ1v) is 11.9. The van der Waals surface area contributed by atoms with Gasteiger partial charge in [-0.25, -0.2) is 0 Å². The lowest BCUT2D eigenvalue weighted by atomic mass is 10.1. The van der Waals surface area contributed by atoms with Crippen molar-refractivity contribution in [1.82, 2.24) is 24.9 Å². The van der Waals surface area contributed by atoms with Gasteiger partial charge in [-0.2, -0.15) is 4.98 Å². The first-order chi connectivity index (χ1) is 17.2. The van der Waals surface area contributed by atoms with Gasteiger partial charge in [0.05, 0.1) is 31.1 Å². The number of thioether (sulfide) groups is 1. The average Bonchev–Trinajstić information content (AvgIpc) is 3.55. The summed E-state index contributed by atoms with van der Waals surface area (Å²) >= 11 is 1.47. The van der Waals surface area contributed by atoms with E-state index in [0.29, 0.717) is 34.2 Å². The molecule has 0 aliphatic carbocycles. The predicted molar refractivity (Wildman–Crippen MR) is 134 cm³/mol. The molecule has 0 unspecified atom stereocenters. The van der Waals surface area contributed by atoms with E-state index in [9.17, 15) is 0 Å². The molecule has 0 fully saturated rings. The molecule has 0 amide bonds. The van der Waals surface area contributed by atoms with Crippen LogP contribution in [-0.2, 0) is 5.75 Å². The molecule has 0 radical (unpaired) electrons. The van der Waals surface area contributed by atoms with Crippen molar-refractivity contribution in [2.45, 2.75) is 17.8 Å². The summed E-state index contributed by atoms with van der Waals surface area (Å²) in [6, 6.07) is 23.6. The van der Waals surface area contributed by atoms with Crippen LogP contribution in [0.25, 0.3) is 28.5 Å². The minimum absolute atomic E-state index is 0.429. The highest BCUT2D eigenvalue weighted by molar-refractivity contribution is 7.98. The number of rotatable bonds is 8. The summed E-state index contributed by atoms with van der Waals surface area (Å²) < 4.78 is 18.5. The van der Waals surface area contributed by atoms with Crippen LogP contribution in [0.5, 0.6) is 11.5 Å². The highest BCUT2D eigenvalue weighted by Crippen LogP contribution is 2.34. The lowest BCUT2D eigenvalue weighted by Crippen LogP contribution is -2.01. The van der Waals surface area contributed by atoms with Gasteiger partial charge in [-0.3, -0.25) is 4.57 Å². The number of para-hydroxylation sites is 2. The van der Waals surface area contributed by atoms with Crippen molar-refractivity contribution in [2.75, 3.05) is 14.2 Å². The number of methoxy groups -OCH3 is 2. The standard InChI is InChI=1S/C26H23N5O3S/c1-17-12-14-18(15-13-17)31-25(20-9-5-7-11-22(20)33-3)28-29-26(31)35-16-23-27-24(30-34-23)19-8-4-6-10-21(19)32-2/h4-15H,16H2,1-3H3. The SMILES string of the molecule is COc1ccccc1-c1noc(CSc2nnc(-c3ccccc3OC)n2-c2ccc(C)cc2)n1. The smallest absolute Gasteiger partial charge is 0.237 e. The van der Waals surface area contributed by atoms with Crippen LogP contribution in [0.1, 0.15) is 11.5 Å². The average molecular weight is 486 g/mol. The second-order valence-electron chi connectivity index (χ2n) is 7.68. The molecule has 0 spiro atoms. The second kappa shape index (κ2) is 10.0. The number of hydrogen-bond acceptors (Lipinski definition) is 8. The van der Waals surface area contributed by atoms with Gasteiger partial charge in [-0.1, -0.05) is 58.9 Å². The van der Waals surface area contributed by atoms with Crippen molar-refractivity contribution in [1.29, 1.82) is 0 Å². The first-order valence-electron chi connectivity index (χ1n) is 10.9. The molecule has 0 saturated heterocycles. The molecule has 0 bridgehead atoms. The van der Waals surface area contributed by atoms with Gasteiger partial charge in [-0.05, 0) is 43.3 Å². The van der Waals surface area contributed by atoms with Gasteiger partial charge in [-0.15, -0.1) is 10.2 Å². The summed E-state index contributed by atoms with van der Waals surface area (Å²) in [5.41, 5.74) is 3.75. The molecule has 0 atom stereocenters. The maximum atomic E-state index is 5.58. The Balaban J connectivity index is 1.47. The highest BCUT2D eigenvalue weighted by Gasteiger charge is 2.20. The van der Waals surface area contributed by atoms with Gasteiger partial charge in [0.25, 0.3) is 0 Å². The molecule has 0 N–H and O–H groups in total. The van der Waals surface area contributed by atoms with Crippen LogP contribution in [0.3, 0.4) is 0 Å². The van der Waals surface area contributed by atoms with Crippen LogP contribution < -0.4 is 9.47 Å². The molecule has 3 aromatic carbocycles. The van der Waals surface area contributed by atoms with Crippen LogP contribution in [-0.4, -0.2) is 39.1 Å². The number of hydrogen-bond donors (Lipinski definition) is 0. The highest BCUT2D eigenvalue weighted by atomic mass is 32.2. The first kappa shape index (κ1) is 22.7. The number of nitrogens with zero attached hydrogens (tertiary/aromatic N) is 5. The molecular weight excluding hydrogens is 462 g/mol. The van der Waals surface area contributed by atoms with Crippen LogP contribution in [0, 0.1) is 6.92 Å². The zero-order valence-corrected chi connectivity index (χ0v) is 20.3. The Morgan fingerprint density at radius 1 is 0.829 bits per heavy atom. The summed E-state index contributed by atoms with van der Waals surface area (Å²) in [5, 5.41) is 13.8. The fourth-order valence-corrected chi connectivity index (χ4v) is 4.46. The molecule has 8 nitrogen and oxygen atoms in total. The van der Waals surface area contributed by atoms with E-state index in [0.717, 1.165) is 22.6 Å². The second-order valence-corrected chi connectivity index (χ2v) is 8.62. The summed E-state index contributed by atoms with van der Waals surface area (Å²) in [6.07, 6.45) is 0. The number of benzene rings is 3. The molecule has 5 rings (SSSR count). The Hall–Kier alpha value is -4.11. The molecule has 9 heteroatoms. The third-order valence-electron chi connectivity index (χ3n) is 5.41. The monoisotopic (exact) mass is 485 g/mol. The van der Waals surface area contributed by atoms with E-state index in [1.807, 2.05) is 65.2 Å². The van der Waals surface area contributed by atoms with Gasteiger partial charge >= 0.3 is 0 Å². The maximum absolute atomic E-state index is 5.58. The van der Waals surface area contributed by atoms with E-state index < -0.39 is 0 Å². The van der Waals surface area contributed by atoms with Crippen molar-refractivity contribution >= 4 is 11.8 Å². The lowest BCUT2D eigenvalue weighted by molar-refractivity contribution is 0.390. The van der Waals surface area contributed by atoms with Crippen molar-refractivity contribution in [3.63, 3.8) is 0 Å². The minimum Gasteiger partial charge on any atom is -0.496 e. The number of ether oxygens (including phenoxy) is 2. The zero-order chi connectivity index (χ0) is 24.2. The lowest BCUT2D eigenvalue weighted by Gasteiger charge is -2.12. The topological polar surface area (TPSA) is 88.1 Å². The molecule has 0 saturated carbocycles. The van der Waals surface area contributed by atoms with E-state index >= 15 is 0 Å². The van der Waals surface area contributed by atoms with Crippen LogP contribution in [0.4, 0.5) is 0 Å². The van der Waals surface area contributed by atoms with E-state index in [1.165, 1.54) is 17.3 Å². The zero-order valence-electron chi connectivity index (χ0n) is 19.5. The maximum Gasteiger partial charge on any atom is 0.237 e. The summed E-state index contributed by atoms with van der Waals surface area (Å²) in [4.78, 5) is 4.55. The Labute approximate surface area is 206 Å². The molecule has 2 heterocycles. The Kier molecular flexibility index (Phi) is 6.49. The van der Waals surface area contributed by atoms with E-state index in [-0.39, 0.29) is 0 Å². The third-order valence-corrected chi connectivity index (χ3v) is 6.33. The van der Waals surface area contributed by atoms with Gasteiger partial charge in [0.2, 0.25) is 11.7 Å². The summed E-state index contributed by atoms with van der Waals surface area (Å²) in [7, 11) is 3.27. The van der Waals surface area contributed by atoms with Gasteiger partial charge in [0, 0.05) is 5.69 Å². The van der Waals surface area contributed by atoms with Crippen molar-refractivity contribution in [3.05, 3.63) is 84.3 Å². The molecule has 176 valence electrons. The fraction of sp³-hybridized carbons (Fsp3) is 0.154. The Morgan fingerprint density at radius 3 is 2.20 bits per heavy atom. The Morgan fingerprint density at radius 2 is 1.49 bits per heavy atom. The van der Waals surface area contributed by atoms with Gasteiger partial charge in [0.15, 0.2) is 11.0 Å². The quantitative estimate of drug-likeness (QED) is 0.262. The molecular formula is C26H23N5O3S. The van der Waals surface area contributed by atoms with Gasteiger partial charge in [0.1, 0.15) is 11.5 Å². The predicted octanol–water partition coefficient (Wildman–Crippen LogP) is 5.60. The van der Waals surface area contributed by atoms with Crippen LogP contribution >= 0.6 is 11.8 Å². The fourth-order valence-electron chi connectivity index (χ4n) is 3.67. The number of aromatic nitrogens is 5. The summed E-state index contributed by atoms with van der Waals surface area (Å²) in [6.45, 7) is 2.06. The van der Waals surface area contributed by atoms with E-state index in [1.54, 1.807) is 14.2 Å². The van der Waals surface area contributed by atoms with Crippen LogP contribution in [0.15, 0.2) is 82.5 Å². The van der Waals surface area contributed by atoms with Crippen molar-refractivity contribution in [2.24, 2.45) is 0 Å². The molecule has 2 aromatic heterocycles. The van der Waals surface area contributed by atoms with Crippen molar-refractivity contribution < 1.29 is 14.0 Å². The molecule has 0 aliphatic heterocycles. The summed E-state index contributed by atoms with van der Waals surface area (Å²) in [5.74, 6) is 3.49. The normalized spacial score (nSPS) is 10.9. The van der Waals surface area contributed by atoms with E-state index in [4.69, 9.17) is 14.0 Å². The molecule has 35 heavy (non-hydrogen) atoms. The number of aryl methyl sites for hydroxylation is 1. The largest absolute Gasteiger partial charge is 0.496 e. The Bertz CT molecular complexity index is 1450. The van der Waals surface area contributed by atoms with Crippen molar-refractivity contribution in [3.8, 4) is 40.0 Å². The molecule has 0 aliphatic rings. The third kappa shape index (κ3) is 4.63.